The molecule has 0 bridgehead atoms. The van der Waals surface area contributed by atoms with Crippen molar-refractivity contribution in [2.24, 2.45) is 0 Å². The zero-order valence-corrected chi connectivity index (χ0v) is 16.4. The van der Waals surface area contributed by atoms with E-state index >= 15 is 0 Å². The van der Waals surface area contributed by atoms with Crippen LogP contribution in [-0.2, 0) is 0 Å². The smallest absolute Gasteiger partial charge is 0.251 e. The number of hydrogen-bond donors (Lipinski definition) is 1. The maximum absolute atomic E-state index is 12.6. The Balaban J connectivity index is 2.28. The zero-order chi connectivity index (χ0) is 18.7. The molecule has 0 saturated heterocycles. The van der Waals surface area contributed by atoms with Gasteiger partial charge in [0.2, 0.25) is 0 Å². The maximum atomic E-state index is 12.6. The highest BCUT2D eigenvalue weighted by molar-refractivity contribution is 5.94. The molecule has 0 aliphatic heterocycles. The van der Waals surface area contributed by atoms with Crippen LogP contribution in [0.1, 0.15) is 70.9 Å². The number of amides is 1. The summed E-state index contributed by atoms with van der Waals surface area (Å²) in [6, 6.07) is 9.96. The Hall–Kier alpha value is -2.29. The van der Waals surface area contributed by atoms with Crippen LogP contribution in [0.3, 0.4) is 0 Å². The van der Waals surface area contributed by atoms with Gasteiger partial charge in [-0.1, -0.05) is 19.9 Å². The van der Waals surface area contributed by atoms with Gasteiger partial charge in [-0.3, -0.25) is 4.79 Å². The van der Waals surface area contributed by atoms with Gasteiger partial charge in [0.15, 0.2) is 0 Å². The fraction of sp³-hybridized carbons (Fsp3) is 0.409. The predicted octanol–water partition coefficient (Wildman–Crippen LogP) is 5.23. The quantitative estimate of drug-likeness (QED) is 0.809. The van der Waals surface area contributed by atoms with E-state index in [1.54, 1.807) is 7.11 Å². The summed E-state index contributed by atoms with van der Waals surface area (Å²) in [6.45, 7) is 12.5. The molecule has 134 valence electrons. The van der Waals surface area contributed by atoms with Crippen LogP contribution in [0, 0.1) is 20.8 Å². The molecule has 0 fully saturated rings. The number of carbonyl (C=O) groups is 1. The topological polar surface area (TPSA) is 38.3 Å². The highest BCUT2D eigenvalue weighted by Gasteiger charge is 2.17. The Bertz CT molecular complexity index is 778. The summed E-state index contributed by atoms with van der Waals surface area (Å²) in [5.41, 5.74) is 6.43. The van der Waals surface area contributed by atoms with Gasteiger partial charge >= 0.3 is 0 Å². The largest absolute Gasteiger partial charge is 0.496 e. The summed E-state index contributed by atoms with van der Waals surface area (Å²) in [6.07, 6.45) is 0. The number of ether oxygens (including phenoxy) is 1. The Kier molecular flexibility index (Phi) is 5.89. The Morgan fingerprint density at radius 1 is 0.920 bits per heavy atom. The van der Waals surface area contributed by atoms with Crippen LogP contribution in [0.15, 0.2) is 30.3 Å². The van der Waals surface area contributed by atoms with Gasteiger partial charge < -0.3 is 10.1 Å². The molecule has 2 aromatic carbocycles. The van der Waals surface area contributed by atoms with Crippen LogP contribution in [0.4, 0.5) is 0 Å². The van der Waals surface area contributed by atoms with Crippen LogP contribution in [-0.4, -0.2) is 13.0 Å². The third kappa shape index (κ3) is 4.22. The number of rotatable bonds is 5. The van der Waals surface area contributed by atoms with Crippen LogP contribution in [0.25, 0.3) is 0 Å². The molecule has 0 aliphatic carbocycles. The van der Waals surface area contributed by atoms with Gasteiger partial charge in [0.1, 0.15) is 5.75 Å². The molecule has 0 unspecified atom stereocenters. The van der Waals surface area contributed by atoms with E-state index in [9.17, 15) is 4.79 Å². The molecule has 0 spiro atoms. The van der Waals surface area contributed by atoms with Crippen molar-refractivity contribution in [1.82, 2.24) is 5.32 Å². The number of aryl methyl sites for hydroxylation is 3. The van der Waals surface area contributed by atoms with Crippen molar-refractivity contribution < 1.29 is 9.53 Å². The zero-order valence-electron chi connectivity index (χ0n) is 16.4. The monoisotopic (exact) mass is 339 g/mol. The molecule has 0 aromatic heterocycles. The maximum Gasteiger partial charge on any atom is 0.251 e. The summed E-state index contributed by atoms with van der Waals surface area (Å²) in [7, 11) is 1.70. The van der Waals surface area contributed by atoms with Crippen molar-refractivity contribution >= 4 is 5.91 Å². The molecule has 25 heavy (non-hydrogen) atoms. The van der Waals surface area contributed by atoms with Gasteiger partial charge in [-0.2, -0.15) is 0 Å². The van der Waals surface area contributed by atoms with Crippen molar-refractivity contribution in [3.05, 3.63) is 63.7 Å². The standard InChI is InChI=1S/C22H29NO2/c1-13(2)19-12-20(16(5)11-21(19)25-7)17(6)23-22(24)18-9-8-14(3)15(4)10-18/h8-13,17H,1-7H3,(H,23,24)/t17-/m0/s1. The van der Waals surface area contributed by atoms with E-state index in [2.05, 4.69) is 38.2 Å². The average molecular weight is 339 g/mol. The molecule has 3 nitrogen and oxygen atoms in total. The Labute approximate surface area is 151 Å². The summed E-state index contributed by atoms with van der Waals surface area (Å²) >= 11 is 0. The molecule has 0 saturated carbocycles. The predicted molar refractivity (Wildman–Crippen MR) is 104 cm³/mol. The number of benzene rings is 2. The van der Waals surface area contributed by atoms with Crippen molar-refractivity contribution in [3.8, 4) is 5.75 Å². The first-order valence-electron chi connectivity index (χ1n) is 8.81. The van der Waals surface area contributed by atoms with Gasteiger partial charge in [0.25, 0.3) is 5.91 Å². The number of nitrogens with one attached hydrogen (secondary N) is 1. The molecule has 3 heteroatoms. The minimum Gasteiger partial charge on any atom is -0.496 e. The Morgan fingerprint density at radius 3 is 2.16 bits per heavy atom. The summed E-state index contributed by atoms with van der Waals surface area (Å²) in [4.78, 5) is 12.6. The first-order chi connectivity index (χ1) is 11.7. The summed E-state index contributed by atoms with van der Waals surface area (Å²) < 4.78 is 5.51. The van der Waals surface area contributed by atoms with Gasteiger partial charge in [-0.25, -0.2) is 0 Å². The van der Waals surface area contributed by atoms with Crippen molar-refractivity contribution in [2.75, 3.05) is 7.11 Å². The first kappa shape index (κ1) is 19.0. The average Bonchev–Trinajstić information content (AvgIpc) is 2.56. The van der Waals surface area contributed by atoms with E-state index in [-0.39, 0.29) is 11.9 Å². The number of carbonyl (C=O) groups excluding carboxylic acids is 1. The van der Waals surface area contributed by atoms with Crippen molar-refractivity contribution in [3.63, 3.8) is 0 Å². The van der Waals surface area contributed by atoms with Crippen molar-refractivity contribution in [2.45, 2.75) is 53.5 Å². The second kappa shape index (κ2) is 7.73. The minimum atomic E-state index is -0.0717. The second-order valence-electron chi connectivity index (χ2n) is 7.10. The van der Waals surface area contributed by atoms with E-state index < -0.39 is 0 Å². The van der Waals surface area contributed by atoms with Gasteiger partial charge in [0.05, 0.1) is 13.2 Å². The fourth-order valence-corrected chi connectivity index (χ4v) is 3.05. The molecular formula is C22H29NO2. The third-order valence-electron chi connectivity index (χ3n) is 4.82. The lowest BCUT2D eigenvalue weighted by molar-refractivity contribution is 0.0939. The van der Waals surface area contributed by atoms with E-state index in [0.717, 1.165) is 28.0 Å². The Morgan fingerprint density at radius 2 is 1.60 bits per heavy atom. The van der Waals surface area contributed by atoms with Crippen LogP contribution >= 0.6 is 0 Å². The summed E-state index contributed by atoms with van der Waals surface area (Å²) in [5.74, 6) is 1.22. The van der Waals surface area contributed by atoms with E-state index in [1.165, 1.54) is 5.56 Å². The van der Waals surface area contributed by atoms with Gasteiger partial charge in [-0.05, 0) is 85.7 Å². The highest BCUT2D eigenvalue weighted by Crippen LogP contribution is 2.32. The summed E-state index contributed by atoms with van der Waals surface area (Å²) in [5, 5.41) is 3.12. The molecule has 2 aromatic rings. The molecule has 1 N–H and O–H groups in total. The second-order valence-corrected chi connectivity index (χ2v) is 7.10. The lowest BCUT2D eigenvalue weighted by Gasteiger charge is -2.21. The van der Waals surface area contributed by atoms with Crippen LogP contribution < -0.4 is 10.1 Å². The molecule has 0 radical (unpaired) electrons. The lowest BCUT2D eigenvalue weighted by atomic mass is 9.93. The van der Waals surface area contributed by atoms with Crippen molar-refractivity contribution in [1.29, 1.82) is 0 Å². The van der Waals surface area contributed by atoms with Gasteiger partial charge in [0, 0.05) is 5.56 Å². The van der Waals surface area contributed by atoms with E-state index in [1.807, 2.05) is 39.0 Å². The molecule has 1 amide bonds. The minimum absolute atomic E-state index is 0.0445. The van der Waals surface area contributed by atoms with E-state index in [4.69, 9.17) is 4.74 Å². The SMILES string of the molecule is COc1cc(C)c([C@H](C)NC(=O)c2ccc(C)c(C)c2)cc1C(C)C. The normalized spacial score (nSPS) is 12.2. The molecule has 2 rings (SSSR count). The number of methoxy groups -OCH3 is 1. The molecule has 1 atom stereocenters. The first-order valence-corrected chi connectivity index (χ1v) is 8.81. The third-order valence-corrected chi connectivity index (χ3v) is 4.82. The molecule has 0 aliphatic rings. The van der Waals surface area contributed by atoms with Crippen LogP contribution in [0.5, 0.6) is 5.75 Å². The van der Waals surface area contributed by atoms with Crippen LogP contribution in [0.2, 0.25) is 0 Å². The number of hydrogen-bond acceptors (Lipinski definition) is 2. The fourth-order valence-electron chi connectivity index (χ4n) is 3.05. The van der Waals surface area contributed by atoms with Gasteiger partial charge in [-0.15, -0.1) is 0 Å². The highest BCUT2D eigenvalue weighted by atomic mass is 16.5. The van der Waals surface area contributed by atoms with E-state index in [0.29, 0.717) is 11.5 Å². The molecule has 0 heterocycles. The molecular weight excluding hydrogens is 310 g/mol. The lowest BCUT2D eigenvalue weighted by Crippen LogP contribution is -2.27.